The third-order valence-corrected chi connectivity index (χ3v) is 3.98. The van der Waals surface area contributed by atoms with Gasteiger partial charge in [0.2, 0.25) is 0 Å². The highest BCUT2D eigenvalue weighted by Gasteiger charge is 2.16. The second-order valence-corrected chi connectivity index (χ2v) is 6.36. The molecule has 0 saturated heterocycles. The maximum atomic E-state index is 9.95. The molecular weight excluding hydrogens is 272 g/mol. The number of pyridine rings is 1. The SMILES string of the molecule is CCc1cc2ccc(Cc3ccc(C(C)(C)O)nc3)cc2[nH]1. The summed E-state index contributed by atoms with van der Waals surface area (Å²) < 4.78 is 0. The number of rotatable bonds is 4. The van der Waals surface area contributed by atoms with E-state index in [1.807, 2.05) is 18.3 Å². The standard InChI is InChI=1S/C19H22N2O/c1-4-16-11-15-7-5-13(10-17(15)21-16)9-14-6-8-18(20-12-14)19(2,3)22/h5-8,10-12,21-22H,4,9H2,1-3H3. The Morgan fingerprint density at radius 3 is 2.50 bits per heavy atom. The fourth-order valence-electron chi connectivity index (χ4n) is 2.66. The third kappa shape index (κ3) is 3.04. The van der Waals surface area contributed by atoms with Crippen molar-refractivity contribution in [3.63, 3.8) is 0 Å². The van der Waals surface area contributed by atoms with E-state index >= 15 is 0 Å². The Bertz CT molecular complexity index is 779. The van der Waals surface area contributed by atoms with Gasteiger partial charge in [-0.05, 0) is 61.4 Å². The summed E-state index contributed by atoms with van der Waals surface area (Å²) in [4.78, 5) is 7.82. The Morgan fingerprint density at radius 1 is 1.09 bits per heavy atom. The van der Waals surface area contributed by atoms with Gasteiger partial charge in [0.1, 0.15) is 5.60 Å². The summed E-state index contributed by atoms with van der Waals surface area (Å²) in [6.45, 7) is 5.65. The van der Waals surface area contributed by atoms with Crippen molar-refractivity contribution >= 4 is 10.9 Å². The number of benzene rings is 1. The van der Waals surface area contributed by atoms with Crippen molar-refractivity contribution in [3.8, 4) is 0 Å². The fourth-order valence-corrected chi connectivity index (χ4v) is 2.66. The predicted octanol–water partition coefficient (Wildman–Crippen LogP) is 3.94. The Kier molecular flexibility index (Phi) is 3.75. The third-order valence-electron chi connectivity index (χ3n) is 3.98. The molecule has 0 aliphatic heterocycles. The maximum absolute atomic E-state index is 9.95. The number of H-pyrrole nitrogens is 1. The number of aromatic nitrogens is 2. The van der Waals surface area contributed by atoms with Gasteiger partial charge >= 0.3 is 0 Å². The zero-order valence-electron chi connectivity index (χ0n) is 13.4. The molecule has 0 aliphatic carbocycles. The molecule has 0 saturated carbocycles. The monoisotopic (exact) mass is 294 g/mol. The van der Waals surface area contributed by atoms with E-state index in [1.54, 1.807) is 13.8 Å². The highest BCUT2D eigenvalue weighted by Crippen LogP contribution is 2.21. The molecule has 0 spiro atoms. The minimum Gasteiger partial charge on any atom is -0.384 e. The van der Waals surface area contributed by atoms with Gasteiger partial charge in [-0.25, -0.2) is 0 Å². The molecule has 0 unspecified atom stereocenters. The average Bonchev–Trinajstić information content (AvgIpc) is 2.89. The lowest BCUT2D eigenvalue weighted by Gasteiger charge is -2.16. The van der Waals surface area contributed by atoms with Gasteiger partial charge < -0.3 is 10.1 Å². The topological polar surface area (TPSA) is 48.9 Å². The van der Waals surface area contributed by atoms with Gasteiger partial charge in [0, 0.05) is 17.4 Å². The van der Waals surface area contributed by atoms with Crippen LogP contribution >= 0.6 is 0 Å². The largest absolute Gasteiger partial charge is 0.384 e. The van der Waals surface area contributed by atoms with Gasteiger partial charge in [-0.3, -0.25) is 4.98 Å². The molecule has 114 valence electrons. The zero-order valence-corrected chi connectivity index (χ0v) is 13.4. The van der Waals surface area contributed by atoms with Crippen LogP contribution in [-0.4, -0.2) is 15.1 Å². The normalized spacial score (nSPS) is 12.0. The second-order valence-electron chi connectivity index (χ2n) is 6.36. The molecule has 3 aromatic rings. The number of hydrogen-bond donors (Lipinski definition) is 2. The summed E-state index contributed by atoms with van der Waals surface area (Å²) in [5.74, 6) is 0. The van der Waals surface area contributed by atoms with Crippen molar-refractivity contribution in [3.05, 3.63) is 65.1 Å². The van der Waals surface area contributed by atoms with Crippen LogP contribution in [0.1, 0.15) is 43.3 Å². The van der Waals surface area contributed by atoms with Crippen LogP contribution in [0.2, 0.25) is 0 Å². The Labute approximate surface area is 131 Å². The summed E-state index contributed by atoms with van der Waals surface area (Å²) in [5, 5.41) is 11.2. The van der Waals surface area contributed by atoms with Gasteiger partial charge in [-0.2, -0.15) is 0 Å². The average molecular weight is 294 g/mol. The van der Waals surface area contributed by atoms with Gasteiger partial charge in [0.25, 0.3) is 0 Å². The van der Waals surface area contributed by atoms with E-state index in [0.717, 1.165) is 18.4 Å². The van der Waals surface area contributed by atoms with Crippen LogP contribution < -0.4 is 0 Å². The number of aromatic amines is 1. The van der Waals surface area contributed by atoms with Crippen LogP contribution in [-0.2, 0) is 18.4 Å². The van der Waals surface area contributed by atoms with Crippen LogP contribution in [0.5, 0.6) is 0 Å². The van der Waals surface area contributed by atoms with Crippen molar-refractivity contribution in [2.24, 2.45) is 0 Å². The van der Waals surface area contributed by atoms with Crippen molar-refractivity contribution in [2.75, 3.05) is 0 Å². The highest BCUT2D eigenvalue weighted by molar-refractivity contribution is 5.81. The van der Waals surface area contributed by atoms with E-state index in [-0.39, 0.29) is 0 Å². The maximum Gasteiger partial charge on any atom is 0.101 e. The van der Waals surface area contributed by atoms with Crippen LogP contribution in [0.4, 0.5) is 0 Å². The fraction of sp³-hybridized carbons (Fsp3) is 0.316. The number of fused-ring (bicyclic) bond motifs is 1. The molecule has 3 heteroatoms. The van der Waals surface area contributed by atoms with E-state index in [1.165, 1.54) is 22.2 Å². The quantitative estimate of drug-likeness (QED) is 0.765. The molecular formula is C19H22N2O. The summed E-state index contributed by atoms with van der Waals surface area (Å²) in [7, 11) is 0. The number of hydrogen-bond acceptors (Lipinski definition) is 2. The molecule has 3 nitrogen and oxygen atoms in total. The lowest BCUT2D eigenvalue weighted by Crippen LogP contribution is -2.17. The predicted molar refractivity (Wildman–Crippen MR) is 90.0 cm³/mol. The van der Waals surface area contributed by atoms with Crippen molar-refractivity contribution in [2.45, 2.75) is 39.2 Å². The molecule has 1 aromatic carbocycles. The zero-order chi connectivity index (χ0) is 15.7. The Morgan fingerprint density at radius 2 is 1.86 bits per heavy atom. The molecule has 3 rings (SSSR count). The summed E-state index contributed by atoms with van der Waals surface area (Å²) >= 11 is 0. The first-order valence-electron chi connectivity index (χ1n) is 7.74. The van der Waals surface area contributed by atoms with Gasteiger partial charge in [0.05, 0.1) is 5.69 Å². The van der Waals surface area contributed by atoms with Crippen LogP contribution in [0.3, 0.4) is 0 Å². The molecule has 0 bridgehead atoms. The first-order valence-corrected chi connectivity index (χ1v) is 7.74. The van der Waals surface area contributed by atoms with Crippen LogP contribution in [0.15, 0.2) is 42.6 Å². The molecule has 0 radical (unpaired) electrons. The Balaban J connectivity index is 1.83. The van der Waals surface area contributed by atoms with E-state index in [4.69, 9.17) is 0 Å². The molecule has 22 heavy (non-hydrogen) atoms. The molecule has 2 heterocycles. The molecule has 0 amide bonds. The van der Waals surface area contributed by atoms with Crippen molar-refractivity contribution in [1.29, 1.82) is 0 Å². The van der Waals surface area contributed by atoms with E-state index in [9.17, 15) is 5.11 Å². The van der Waals surface area contributed by atoms with Crippen molar-refractivity contribution < 1.29 is 5.11 Å². The van der Waals surface area contributed by atoms with Gasteiger partial charge in [-0.1, -0.05) is 25.1 Å². The van der Waals surface area contributed by atoms with E-state index in [2.05, 4.69) is 41.2 Å². The Hall–Kier alpha value is -2.13. The van der Waals surface area contributed by atoms with Gasteiger partial charge in [0.15, 0.2) is 0 Å². The minimum absolute atomic E-state index is 0.698. The minimum atomic E-state index is -0.891. The highest BCUT2D eigenvalue weighted by atomic mass is 16.3. The van der Waals surface area contributed by atoms with Crippen LogP contribution in [0, 0.1) is 0 Å². The molecule has 2 N–H and O–H groups in total. The van der Waals surface area contributed by atoms with Crippen molar-refractivity contribution in [1.82, 2.24) is 9.97 Å². The number of aryl methyl sites for hydroxylation is 1. The lowest BCUT2D eigenvalue weighted by molar-refractivity contribution is 0.0738. The molecule has 0 atom stereocenters. The van der Waals surface area contributed by atoms with E-state index in [0.29, 0.717) is 5.69 Å². The smallest absolute Gasteiger partial charge is 0.101 e. The summed E-state index contributed by atoms with van der Waals surface area (Å²) in [6, 6.07) is 12.7. The first-order chi connectivity index (χ1) is 10.5. The summed E-state index contributed by atoms with van der Waals surface area (Å²) in [5.41, 5.74) is 4.67. The first kappa shape index (κ1) is 14.8. The number of nitrogens with zero attached hydrogens (tertiary/aromatic N) is 1. The second kappa shape index (κ2) is 5.58. The molecule has 0 fully saturated rings. The van der Waals surface area contributed by atoms with Gasteiger partial charge in [-0.15, -0.1) is 0 Å². The molecule has 2 aromatic heterocycles. The molecule has 0 aliphatic rings. The van der Waals surface area contributed by atoms with Crippen LogP contribution in [0.25, 0.3) is 10.9 Å². The lowest BCUT2D eigenvalue weighted by atomic mass is 10.0. The number of aliphatic hydroxyl groups is 1. The van der Waals surface area contributed by atoms with E-state index < -0.39 is 5.60 Å². The number of nitrogens with one attached hydrogen (secondary N) is 1. The summed E-state index contributed by atoms with van der Waals surface area (Å²) in [6.07, 6.45) is 3.71.